The van der Waals surface area contributed by atoms with E-state index >= 15 is 0 Å². The second kappa shape index (κ2) is 7.63. The molecule has 0 aromatic heterocycles. The predicted octanol–water partition coefficient (Wildman–Crippen LogP) is 3.97. The lowest BCUT2D eigenvalue weighted by Gasteiger charge is -2.56. The van der Waals surface area contributed by atoms with E-state index in [4.69, 9.17) is 4.74 Å². The first-order valence-electron chi connectivity index (χ1n) is 11.1. The summed E-state index contributed by atoms with van der Waals surface area (Å²) in [4.78, 5) is 26.6. The molecule has 1 heterocycles. The van der Waals surface area contributed by atoms with Gasteiger partial charge in [0.15, 0.2) is 0 Å². The summed E-state index contributed by atoms with van der Waals surface area (Å²) >= 11 is 0. The minimum absolute atomic E-state index is 0.206. The Morgan fingerprint density at radius 2 is 1.59 bits per heavy atom. The molecule has 4 saturated carbocycles. The van der Waals surface area contributed by atoms with E-state index in [1.165, 1.54) is 38.5 Å². The predicted molar refractivity (Wildman–Crippen MR) is 104 cm³/mol. The second-order valence-corrected chi connectivity index (χ2v) is 10.4. The van der Waals surface area contributed by atoms with Crippen LogP contribution in [0.5, 0.6) is 0 Å². The number of hydrogen-bond donors (Lipinski definition) is 1. The lowest BCUT2D eigenvalue weighted by molar-refractivity contribution is -0.130. The van der Waals surface area contributed by atoms with Crippen LogP contribution in [0.3, 0.4) is 0 Å². The molecule has 0 radical (unpaired) electrons. The smallest absolute Gasteiger partial charge is 0.409 e. The standard InChI is InChI=1S/C22H36N2O3/c1-15(2)14-27-21(26)24-5-3-19(4-6-24)23-20(25)13-22-10-16-7-17(11-22)9-18(8-16)12-22/h15-19H,3-14H2,1-2H3,(H,23,25). The first-order valence-corrected chi connectivity index (χ1v) is 11.1. The molecule has 0 atom stereocenters. The van der Waals surface area contributed by atoms with Crippen LogP contribution in [0.1, 0.15) is 71.6 Å². The Morgan fingerprint density at radius 1 is 1.04 bits per heavy atom. The van der Waals surface area contributed by atoms with Gasteiger partial charge in [-0.1, -0.05) is 13.8 Å². The maximum atomic E-state index is 12.8. The SMILES string of the molecule is CC(C)COC(=O)N1CCC(NC(=O)CC23CC4CC(CC(C4)C2)C3)CC1. The highest BCUT2D eigenvalue weighted by Crippen LogP contribution is 2.61. The molecule has 1 aliphatic heterocycles. The van der Waals surface area contributed by atoms with Crippen molar-refractivity contribution in [2.24, 2.45) is 29.1 Å². The summed E-state index contributed by atoms with van der Waals surface area (Å²) in [5.41, 5.74) is 0.306. The number of nitrogens with one attached hydrogen (secondary N) is 1. The van der Waals surface area contributed by atoms with E-state index in [0.29, 0.717) is 31.0 Å². The maximum Gasteiger partial charge on any atom is 0.409 e. The number of carbonyl (C=O) groups excluding carboxylic acids is 2. The van der Waals surface area contributed by atoms with Crippen molar-refractivity contribution in [3.8, 4) is 0 Å². The molecule has 4 bridgehead atoms. The Morgan fingerprint density at radius 3 is 2.11 bits per heavy atom. The van der Waals surface area contributed by atoms with Crippen molar-refractivity contribution >= 4 is 12.0 Å². The fourth-order valence-electron chi connectivity index (χ4n) is 6.66. The zero-order chi connectivity index (χ0) is 19.0. The molecule has 5 heteroatoms. The van der Waals surface area contributed by atoms with Crippen molar-refractivity contribution in [3.05, 3.63) is 0 Å². The van der Waals surface area contributed by atoms with Crippen LogP contribution < -0.4 is 5.32 Å². The third-order valence-electron chi connectivity index (χ3n) is 7.36. The molecule has 152 valence electrons. The van der Waals surface area contributed by atoms with Gasteiger partial charge in [0.05, 0.1) is 6.61 Å². The van der Waals surface area contributed by atoms with Crippen LogP contribution in [0.25, 0.3) is 0 Å². The van der Waals surface area contributed by atoms with Crippen LogP contribution in [0.15, 0.2) is 0 Å². The molecule has 0 aromatic rings. The number of carbonyl (C=O) groups is 2. The lowest BCUT2D eigenvalue weighted by atomic mass is 9.49. The minimum Gasteiger partial charge on any atom is -0.449 e. The van der Waals surface area contributed by atoms with Gasteiger partial charge in [0.2, 0.25) is 5.91 Å². The summed E-state index contributed by atoms with van der Waals surface area (Å²) in [6, 6.07) is 0.209. The van der Waals surface area contributed by atoms with Gasteiger partial charge in [-0.15, -0.1) is 0 Å². The Kier molecular flexibility index (Phi) is 5.39. The largest absolute Gasteiger partial charge is 0.449 e. The minimum atomic E-state index is -0.206. The van der Waals surface area contributed by atoms with Gasteiger partial charge in [0, 0.05) is 25.6 Å². The lowest BCUT2D eigenvalue weighted by Crippen LogP contribution is -2.50. The molecule has 2 amide bonds. The maximum absolute atomic E-state index is 12.8. The van der Waals surface area contributed by atoms with Gasteiger partial charge in [0.25, 0.3) is 0 Å². The van der Waals surface area contributed by atoms with Crippen LogP contribution in [0.2, 0.25) is 0 Å². The van der Waals surface area contributed by atoms with Crippen molar-refractivity contribution in [1.29, 1.82) is 0 Å². The highest BCUT2D eigenvalue weighted by molar-refractivity contribution is 5.77. The van der Waals surface area contributed by atoms with Crippen LogP contribution in [-0.2, 0) is 9.53 Å². The van der Waals surface area contributed by atoms with Crippen LogP contribution in [0, 0.1) is 29.1 Å². The number of nitrogens with zero attached hydrogens (tertiary/aromatic N) is 1. The van der Waals surface area contributed by atoms with E-state index in [-0.39, 0.29) is 18.0 Å². The van der Waals surface area contributed by atoms with Crippen LogP contribution >= 0.6 is 0 Å². The topological polar surface area (TPSA) is 58.6 Å². The summed E-state index contributed by atoms with van der Waals surface area (Å²) in [7, 11) is 0. The molecule has 5 nitrogen and oxygen atoms in total. The molecule has 1 N–H and O–H groups in total. The zero-order valence-electron chi connectivity index (χ0n) is 17.0. The number of piperidine rings is 1. The summed E-state index contributed by atoms with van der Waals surface area (Å²) in [5.74, 6) is 3.28. The highest BCUT2D eigenvalue weighted by Gasteiger charge is 2.51. The number of ether oxygens (including phenoxy) is 1. The molecule has 27 heavy (non-hydrogen) atoms. The van der Waals surface area contributed by atoms with Gasteiger partial charge in [-0.05, 0) is 80.5 Å². The van der Waals surface area contributed by atoms with E-state index in [1.54, 1.807) is 4.90 Å². The molecule has 5 rings (SSSR count). The van der Waals surface area contributed by atoms with Gasteiger partial charge in [-0.3, -0.25) is 4.79 Å². The fraction of sp³-hybridized carbons (Fsp3) is 0.909. The molecule has 0 spiro atoms. The third-order valence-corrected chi connectivity index (χ3v) is 7.36. The van der Waals surface area contributed by atoms with Gasteiger partial charge in [0.1, 0.15) is 0 Å². The summed E-state index contributed by atoms with van der Waals surface area (Å²) < 4.78 is 5.32. The van der Waals surface area contributed by atoms with E-state index < -0.39 is 0 Å². The van der Waals surface area contributed by atoms with Gasteiger partial charge >= 0.3 is 6.09 Å². The number of amides is 2. The van der Waals surface area contributed by atoms with Crippen molar-refractivity contribution in [3.63, 3.8) is 0 Å². The normalized spacial score (nSPS) is 35.5. The van der Waals surface area contributed by atoms with Gasteiger partial charge in [-0.2, -0.15) is 0 Å². The van der Waals surface area contributed by atoms with Crippen molar-refractivity contribution < 1.29 is 14.3 Å². The average molecular weight is 377 g/mol. The molecule has 1 saturated heterocycles. The highest BCUT2D eigenvalue weighted by atomic mass is 16.6. The zero-order valence-corrected chi connectivity index (χ0v) is 17.0. The van der Waals surface area contributed by atoms with Crippen molar-refractivity contribution in [1.82, 2.24) is 10.2 Å². The molecule has 0 aromatic carbocycles. The summed E-state index contributed by atoms with van der Waals surface area (Å²) in [5, 5.41) is 3.29. The Balaban J connectivity index is 1.22. The van der Waals surface area contributed by atoms with Gasteiger partial charge < -0.3 is 15.0 Å². The molecule has 0 unspecified atom stereocenters. The number of rotatable bonds is 5. The van der Waals surface area contributed by atoms with Crippen LogP contribution in [-0.4, -0.2) is 42.6 Å². The number of hydrogen-bond acceptors (Lipinski definition) is 3. The number of likely N-dealkylation sites (tertiary alicyclic amines) is 1. The quantitative estimate of drug-likeness (QED) is 0.790. The van der Waals surface area contributed by atoms with Crippen molar-refractivity contribution in [2.75, 3.05) is 19.7 Å². The van der Waals surface area contributed by atoms with E-state index in [9.17, 15) is 9.59 Å². The first-order chi connectivity index (χ1) is 12.9. The van der Waals surface area contributed by atoms with Gasteiger partial charge in [-0.25, -0.2) is 4.79 Å². The Hall–Kier alpha value is -1.26. The monoisotopic (exact) mass is 376 g/mol. The third kappa shape index (κ3) is 4.43. The Labute approximate surface area is 163 Å². The second-order valence-electron chi connectivity index (χ2n) is 10.4. The molecule has 5 fully saturated rings. The van der Waals surface area contributed by atoms with E-state index in [0.717, 1.165) is 37.0 Å². The molecule has 4 aliphatic carbocycles. The molecular weight excluding hydrogens is 340 g/mol. The van der Waals surface area contributed by atoms with E-state index in [2.05, 4.69) is 5.32 Å². The summed E-state index contributed by atoms with van der Waals surface area (Å²) in [6.07, 6.45) is 10.3. The molecular formula is C22H36N2O3. The van der Waals surface area contributed by atoms with E-state index in [1.807, 2.05) is 13.8 Å². The van der Waals surface area contributed by atoms with Crippen molar-refractivity contribution in [2.45, 2.75) is 77.7 Å². The molecule has 5 aliphatic rings. The Bertz CT molecular complexity index is 531. The average Bonchev–Trinajstić information content (AvgIpc) is 2.58. The fourth-order valence-corrected chi connectivity index (χ4v) is 6.66. The summed E-state index contributed by atoms with van der Waals surface area (Å²) in [6.45, 7) is 5.91. The first kappa shape index (κ1) is 19.1. The van der Waals surface area contributed by atoms with Crippen LogP contribution in [0.4, 0.5) is 4.79 Å².